The molecular weight excluding hydrogens is 274 g/mol. The molecular formula is C18H21N3O. The molecule has 1 aromatic heterocycles. The molecule has 4 heteroatoms. The largest absolute Gasteiger partial charge is 0.487 e. The number of hydrogen-bond acceptors (Lipinski definition) is 4. The predicted octanol–water partition coefficient (Wildman–Crippen LogP) is 3.44. The van der Waals surface area contributed by atoms with Gasteiger partial charge in [-0.1, -0.05) is 18.2 Å². The van der Waals surface area contributed by atoms with Crippen molar-refractivity contribution in [3.8, 4) is 11.8 Å². The van der Waals surface area contributed by atoms with Gasteiger partial charge in [-0.15, -0.1) is 0 Å². The van der Waals surface area contributed by atoms with Crippen LogP contribution in [0.1, 0.15) is 30.5 Å². The zero-order valence-electron chi connectivity index (χ0n) is 12.7. The van der Waals surface area contributed by atoms with Crippen LogP contribution in [0.5, 0.6) is 5.75 Å². The van der Waals surface area contributed by atoms with Gasteiger partial charge in [0.2, 0.25) is 0 Å². The highest BCUT2D eigenvalue weighted by Gasteiger charge is 1.99. The fourth-order valence-electron chi connectivity index (χ4n) is 2.07. The van der Waals surface area contributed by atoms with Crippen LogP contribution in [0, 0.1) is 11.3 Å². The number of hydrogen-bond donors (Lipinski definition) is 1. The first-order valence-electron chi connectivity index (χ1n) is 7.58. The van der Waals surface area contributed by atoms with Gasteiger partial charge in [-0.25, -0.2) is 0 Å². The minimum atomic E-state index is 0.478. The zero-order valence-corrected chi connectivity index (χ0v) is 12.7. The van der Waals surface area contributed by atoms with E-state index in [2.05, 4.69) is 22.4 Å². The number of benzene rings is 1. The van der Waals surface area contributed by atoms with Crippen LogP contribution < -0.4 is 10.1 Å². The summed E-state index contributed by atoms with van der Waals surface area (Å²) in [7, 11) is 0. The summed E-state index contributed by atoms with van der Waals surface area (Å²) in [5, 5.41) is 11.9. The number of ether oxygens (including phenoxy) is 1. The van der Waals surface area contributed by atoms with E-state index in [-0.39, 0.29) is 0 Å². The predicted molar refractivity (Wildman–Crippen MR) is 86.2 cm³/mol. The first kappa shape index (κ1) is 16.0. The number of rotatable bonds is 9. The van der Waals surface area contributed by atoms with Crippen LogP contribution in [0.4, 0.5) is 0 Å². The molecule has 22 heavy (non-hydrogen) atoms. The second-order valence-corrected chi connectivity index (χ2v) is 5.05. The highest BCUT2D eigenvalue weighted by molar-refractivity contribution is 5.28. The molecule has 2 aromatic rings. The van der Waals surface area contributed by atoms with E-state index < -0.39 is 0 Å². The van der Waals surface area contributed by atoms with Crippen LogP contribution in [0.15, 0.2) is 48.7 Å². The van der Waals surface area contributed by atoms with Gasteiger partial charge >= 0.3 is 0 Å². The van der Waals surface area contributed by atoms with Gasteiger partial charge in [-0.3, -0.25) is 4.98 Å². The van der Waals surface area contributed by atoms with Crippen LogP contribution in [0.2, 0.25) is 0 Å². The minimum Gasteiger partial charge on any atom is -0.487 e. The summed E-state index contributed by atoms with van der Waals surface area (Å²) in [5.74, 6) is 0.856. The van der Waals surface area contributed by atoms with Gasteiger partial charge in [0, 0.05) is 19.2 Å². The smallest absolute Gasteiger partial charge is 0.130 e. The van der Waals surface area contributed by atoms with Crippen LogP contribution in [0.3, 0.4) is 0 Å². The van der Waals surface area contributed by atoms with Crippen molar-refractivity contribution in [3.63, 3.8) is 0 Å². The maximum atomic E-state index is 8.48. The highest BCUT2D eigenvalue weighted by atomic mass is 16.5. The highest BCUT2D eigenvalue weighted by Crippen LogP contribution is 2.14. The van der Waals surface area contributed by atoms with Crippen LogP contribution in [0.25, 0.3) is 0 Å². The normalized spacial score (nSPS) is 10.1. The molecule has 0 saturated carbocycles. The first-order valence-corrected chi connectivity index (χ1v) is 7.58. The molecule has 1 aromatic carbocycles. The van der Waals surface area contributed by atoms with E-state index in [0.29, 0.717) is 13.0 Å². The minimum absolute atomic E-state index is 0.478. The van der Waals surface area contributed by atoms with Gasteiger partial charge < -0.3 is 10.1 Å². The quantitative estimate of drug-likeness (QED) is 0.720. The molecule has 0 aliphatic heterocycles. The fourth-order valence-corrected chi connectivity index (χ4v) is 2.07. The Bertz CT molecular complexity index is 593. The van der Waals surface area contributed by atoms with Gasteiger partial charge in [0.15, 0.2) is 0 Å². The summed E-state index contributed by atoms with van der Waals surface area (Å²) in [6.45, 7) is 2.22. The molecule has 0 saturated heterocycles. The molecule has 0 unspecified atom stereocenters. The number of nitriles is 1. The summed E-state index contributed by atoms with van der Waals surface area (Å²) >= 11 is 0. The lowest BCUT2D eigenvalue weighted by Crippen LogP contribution is -2.14. The summed E-state index contributed by atoms with van der Waals surface area (Å²) in [6, 6.07) is 16.0. The molecule has 1 heterocycles. The molecule has 4 nitrogen and oxygen atoms in total. The summed E-state index contributed by atoms with van der Waals surface area (Å²) in [4.78, 5) is 4.24. The van der Waals surface area contributed by atoms with E-state index in [0.717, 1.165) is 37.4 Å². The van der Waals surface area contributed by atoms with Crippen molar-refractivity contribution in [3.05, 3.63) is 59.9 Å². The lowest BCUT2D eigenvalue weighted by molar-refractivity contribution is 0.301. The third-order valence-corrected chi connectivity index (χ3v) is 3.23. The van der Waals surface area contributed by atoms with Crippen molar-refractivity contribution in [1.82, 2.24) is 10.3 Å². The molecule has 0 atom stereocenters. The Hall–Kier alpha value is -2.38. The molecule has 0 aliphatic carbocycles. The maximum Gasteiger partial charge on any atom is 0.130 e. The molecule has 0 amide bonds. The second kappa shape index (κ2) is 9.54. The molecule has 0 aliphatic rings. The monoisotopic (exact) mass is 295 g/mol. The van der Waals surface area contributed by atoms with Crippen molar-refractivity contribution in [2.45, 2.75) is 32.4 Å². The van der Waals surface area contributed by atoms with E-state index in [1.165, 1.54) is 5.56 Å². The number of aromatic nitrogens is 1. The van der Waals surface area contributed by atoms with Crippen molar-refractivity contribution >= 4 is 0 Å². The average molecular weight is 295 g/mol. The van der Waals surface area contributed by atoms with Crippen LogP contribution in [-0.2, 0) is 13.2 Å². The van der Waals surface area contributed by atoms with Gasteiger partial charge in [-0.2, -0.15) is 5.26 Å². The third-order valence-electron chi connectivity index (χ3n) is 3.23. The van der Waals surface area contributed by atoms with E-state index in [1.54, 1.807) is 6.20 Å². The second-order valence-electron chi connectivity index (χ2n) is 5.05. The Morgan fingerprint density at radius 1 is 1.14 bits per heavy atom. The number of pyridine rings is 1. The molecule has 0 bridgehead atoms. The van der Waals surface area contributed by atoms with Gasteiger partial charge in [0.1, 0.15) is 12.4 Å². The SMILES string of the molecule is N#CCCCCNCc1cccc(OCc2ccccn2)c1. The Morgan fingerprint density at radius 3 is 2.91 bits per heavy atom. The number of nitrogens with one attached hydrogen (secondary N) is 1. The fraction of sp³-hybridized carbons (Fsp3) is 0.333. The van der Waals surface area contributed by atoms with E-state index in [4.69, 9.17) is 10.00 Å². The van der Waals surface area contributed by atoms with Crippen molar-refractivity contribution in [2.24, 2.45) is 0 Å². The van der Waals surface area contributed by atoms with Crippen LogP contribution >= 0.6 is 0 Å². The molecule has 0 spiro atoms. The molecule has 0 radical (unpaired) electrons. The summed E-state index contributed by atoms with van der Waals surface area (Å²) in [6.07, 6.45) is 4.39. The van der Waals surface area contributed by atoms with Crippen LogP contribution in [-0.4, -0.2) is 11.5 Å². The van der Waals surface area contributed by atoms with Gasteiger partial charge in [0.25, 0.3) is 0 Å². The standard InChI is InChI=1S/C18H21N3O/c19-10-3-1-4-11-20-14-16-7-6-9-18(13-16)22-15-17-8-2-5-12-21-17/h2,5-9,12-13,20H,1,3-4,11,14-15H2. The molecule has 2 rings (SSSR count). The zero-order chi connectivity index (χ0) is 15.5. The Morgan fingerprint density at radius 2 is 2.09 bits per heavy atom. The van der Waals surface area contributed by atoms with Crippen molar-refractivity contribution < 1.29 is 4.74 Å². The molecule has 0 fully saturated rings. The maximum absolute atomic E-state index is 8.48. The first-order chi connectivity index (χ1) is 10.9. The molecule has 1 N–H and O–H groups in total. The lowest BCUT2D eigenvalue weighted by Gasteiger charge is -2.08. The van der Waals surface area contributed by atoms with Gasteiger partial charge in [-0.05, 0) is 49.2 Å². The Kier molecular flexibility index (Phi) is 6.94. The Labute approximate surface area is 131 Å². The third kappa shape index (κ3) is 5.94. The van der Waals surface area contributed by atoms with E-state index in [1.807, 2.05) is 36.4 Å². The van der Waals surface area contributed by atoms with Crippen molar-refractivity contribution in [2.75, 3.05) is 6.54 Å². The average Bonchev–Trinajstić information content (AvgIpc) is 2.57. The lowest BCUT2D eigenvalue weighted by atomic mass is 10.2. The Balaban J connectivity index is 1.74. The topological polar surface area (TPSA) is 57.9 Å². The summed E-state index contributed by atoms with van der Waals surface area (Å²) < 4.78 is 5.77. The number of unbranched alkanes of at least 4 members (excludes halogenated alkanes) is 2. The summed E-state index contributed by atoms with van der Waals surface area (Å²) in [5.41, 5.74) is 2.11. The van der Waals surface area contributed by atoms with Crippen molar-refractivity contribution in [1.29, 1.82) is 5.26 Å². The van der Waals surface area contributed by atoms with E-state index in [9.17, 15) is 0 Å². The van der Waals surface area contributed by atoms with Gasteiger partial charge in [0.05, 0.1) is 11.8 Å². The van der Waals surface area contributed by atoms with E-state index >= 15 is 0 Å². The molecule has 114 valence electrons. The number of nitrogens with zero attached hydrogens (tertiary/aromatic N) is 2.